The molecule has 3 rings (SSSR count). The highest BCUT2D eigenvalue weighted by Crippen LogP contribution is 2.36. The van der Waals surface area contributed by atoms with Crippen LogP contribution in [0.2, 0.25) is 5.82 Å². The molecule has 0 unspecified atom stereocenters. The number of nitrogens with zero attached hydrogens (tertiary/aromatic N) is 1. The van der Waals surface area contributed by atoms with Gasteiger partial charge < -0.3 is 9.68 Å². The molecule has 7 heteroatoms. The first-order chi connectivity index (χ1) is 13.0. The van der Waals surface area contributed by atoms with Crippen LogP contribution in [0, 0.1) is 0 Å². The maximum absolute atomic E-state index is 12.3. The summed E-state index contributed by atoms with van der Waals surface area (Å²) in [5.74, 6) is -0.379. The standard InChI is InChI=1S/C20H20BNO5/c1-13(23)18-6-2-4-14-10-16(21(26)27-20(14)18)11-17(24)7-8-19(25)15-5-3-9-22-12-15/h2-6,9,12,16,26H,7-8,10-11H2,1H3/t16-/m1/s1. The summed E-state index contributed by atoms with van der Waals surface area (Å²) >= 11 is 0. The third-order valence-corrected chi connectivity index (χ3v) is 4.70. The lowest BCUT2D eigenvalue weighted by molar-refractivity contribution is -0.119. The van der Waals surface area contributed by atoms with Crippen LogP contribution in [0.1, 0.15) is 52.5 Å². The quantitative estimate of drug-likeness (QED) is 0.599. The number of aromatic nitrogens is 1. The summed E-state index contributed by atoms with van der Waals surface area (Å²) in [6.07, 6.45) is 3.85. The molecule has 0 spiro atoms. The average Bonchev–Trinajstić information content (AvgIpc) is 2.66. The topological polar surface area (TPSA) is 93.6 Å². The predicted molar refractivity (Wildman–Crippen MR) is 99.9 cm³/mol. The van der Waals surface area contributed by atoms with Crippen molar-refractivity contribution in [2.45, 2.75) is 38.4 Å². The van der Waals surface area contributed by atoms with Crippen LogP contribution in [0.4, 0.5) is 0 Å². The van der Waals surface area contributed by atoms with Crippen LogP contribution >= 0.6 is 0 Å². The molecular weight excluding hydrogens is 345 g/mol. The summed E-state index contributed by atoms with van der Waals surface area (Å²) in [6, 6.07) is 8.60. The fourth-order valence-corrected chi connectivity index (χ4v) is 3.25. The molecule has 2 heterocycles. The first-order valence-corrected chi connectivity index (χ1v) is 8.88. The molecule has 0 bridgehead atoms. The van der Waals surface area contributed by atoms with Gasteiger partial charge in [-0.3, -0.25) is 19.4 Å². The molecule has 0 radical (unpaired) electrons. The molecule has 1 aliphatic rings. The molecule has 0 saturated carbocycles. The Morgan fingerprint density at radius 3 is 2.74 bits per heavy atom. The number of hydrogen-bond donors (Lipinski definition) is 1. The van der Waals surface area contributed by atoms with Gasteiger partial charge in [-0.1, -0.05) is 12.1 Å². The van der Waals surface area contributed by atoms with Gasteiger partial charge in [0.15, 0.2) is 11.6 Å². The number of pyridine rings is 1. The zero-order chi connectivity index (χ0) is 19.4. The van der Waals surface area contributed by atoms with Gasteiger partial charge in [0.2, 0.25) is 0 Å². The number of ketones is 3. The van der Waals surface area contributed by atoms with Gasteiger partial charge in [-0.05, 0) is 37.1 Å². The minimum absolute atomic E-state index is 0.105. The van der Waals surface area contributed by atoms with Crippen LogP contribution in [-0.4, -0.2) is 34.5 Å². The highest BCUT2D eigenvalue weighted by molar-refractivity contribution is 6.47. The van der Waals surface area contributed by atoms with Crippen molar-refractivity contribution in [1.82, 2.24) is 4.98 Å². The first-order valence-electron chi connectivity index (χ1n) is 8.88. The molecule has 1 aliphatic heterocycles. The van der Waals surface area contributed by atoms with Gasteiger partial charge in [0.1, 0.15) is 11.5 Å². The normalized spacial score (nSPS) is 15.6. The van der Waals surface area contributed by atoms with Crippen LogP contribution in [0.5, 0.6) is 5.75 Å². The SMILES string of the molecule is CC(=O)c1cccc2c1OB(O)[C@@H](CC(=O)CCC(=O)c1cccnc1)C2. The Bertz CT molecular complexity index is 868. The summed E-state index contributed by atoms with van der Waals surface area (Å²) in [7, 11) is -1.16. The number of carbonyl (C=O) groups excluding carboxylic acids is 3. The Morgan fingerprint density at radius 1 is 1.22 bits per heavy atom. The van der Waals surface area contributed by atoms with Crippen LogP contribution < -0.4 is 4.65 Å². The number of fused-ring (bicyclic) bond motifs is 1. The van der Waals surface area contributed by atoms with Gasteiger partial charge in [-0.15, -0.1) is 0 Å². The lowest BCUT2D eigenvalue weighted by Gasteiger charge is -2.28. The van der Waals surface area contributed by atoms with Crippen molar-refractivity contribution in [2.75, 3.05) is 0 Å². The van der Waals surface area contributed by atoms with Crippen LogP contribution in [0.25, 0.3) is 0 Å². The molecule has 0 fully saturated rings. The number of para-hydroxylation sites is 1. The second-order valence-corrected chi connectivity index (χ2v) is 6.73. The highest BCUT2D eigenvalue weighted by Gasteiger charge is 2.37. The van der Waals surface area contributed by atoms with E-state index in [4.69, 9.17) is 4.65 Å². The molecule has 1 aromatic carbocycles. The van der Waals surface area contributed by atoms with E-state index in [1.807, 2.05) is 6.07 Å². The van der Waals surface area contributed by atoms with Crippen molar-refractivity contribution in [3.8, 4) is 5.75 Å². The number of rotatable bonds is 7. The summed E-state index contributed by atoms with van der Waals surface area (Å²) in [5, 5.41) is 10.3. The van der Waals surface area contributed by atoms with E-state index in [-0.39, 0.29) is 36.6 Å². The van der Waals surface area contributed by atoms with Gasteiger partial charge in [0.05, 0.1) is 5.56 Å². The molecule has 1 N–H and O–H groups in total. The van der Waals surface area contributed by atoms with E-state index >= 15 is 0 Å². The van der Waals surface area contributed by atoms with Crippen LogP contribution in [0.3, 0.4) is 0 Å². The molecule has 0 saturated heterocycles. The molecule has 0 aliphatic carbocycles. The van der Waals surface area contributed by atoms with Gasteiger partial charge in [-0.2, -0.15) is 0 Å². The van der Waals surface area contributed by atoms with Gasteiger partial charge >= 0.3 is 7.12 Å². The summed E-state index contributed by atoms with van der Waals surface area (Å²) in [4.78, 5) is 40.0. The zero-order valence-electron chi connectivity index (χ0n) is 15.1. The number of Topliss-reactive ketones (excluding diaryl/α,β-unsaturated/α-hetero) is 3. The van der Waals surface area contributed by atoms with Gasteiger partial charge in [-0.25, -0.2) is 0 Å². The van der Waals surface area contributed by atoms with Gasteiger partial charge in [0.25, 0.3) is 0 Å². The van der Waals surface area contributed by atoms with Crippen molar-refractivity contribution in [2.24, 2.45) is 0 Å². The van der Waals surface area contributed by atoms with Gasteiger partial charge in [0, 0.05) is 43.0 Å². The molecule has 138 valence electrons. The maximum atomic E-state index is 12.3. The second kappa shape index (κ2) is 8.27. The molecule has 2 aromatic rings. The van der Waals surface area contributed by atoms with E-state index in [1.54, 1.807) is 30.5 Å². The van der Waals surface area contributed by atoms with E-state index in [2.05, 4.69) is 4.98 Å². The van der Waals surface area contributed by atoms with E-state index in [0.717, 1.165) is 5.56 Å². The van der Waals surface area contributed by atoms with E-state index in [0.29, 0.717) is 23.3 Å². The smallest absolute Gasteiger partial charge is 0.526 e. The van der Waals surface area contributed by atoms with Crippen LogP contribution in [0.15, 0.2) is 42.7 Å². The monoisotopic (exact) mass is 365 g/mol. The fourth-order valence-electron chi connectivity index (χ4n) is 3.25. The average molecular weight is 365 g/mol. The molecule has 6 nitrogen and oxygen atoms in total. The van der Waals surface area contributed by atoms with E-state index in [9.17, 15) is 19.4 Å². The van der Waals surface area contributed by atoms with Crippen molar-refractivity contribution in [1.29, 1.82) is 0 Å². The third-order valence-electron chi connectivity index (χ3n) is 4.70. The number of carbonyl (C=O) groups is 3. The van der Waals surface area contributed by atoms with Crippen LogP contribution in [-0.2, 0) is 11.2 Å². The minimum atomic E-state index is -1.16. The Balaban J connectivity index is 1.59. The highest BCUT2D eigenvalue weighted by atomic mass is 16.5. The van der Waals surface area contributed by atoms with E-state index in [1.165, 1.54) is 13.1 Å². The third kappa shape index (κ3) is 4.49. The summed E-state index contributed by atoms with van der Waals surface area (Å²) in [5.41, 5.74) is 1.72. The zero-order valence-corrected chi connectivity index (χ0v) is 15.1. The lowest BCUT2D eigenvalue weighted by Crippen LogP contribution is -2.35. The molecule has 1 atom stereocenters. The Kier molecular flexibility index (Phi) is 5.81. The lowest BCUT2D eigenvalue weighted by atomic mass is 9.64. The van der Waals surface area contributed by atoms with E-state index < -0.39 is 12.9 Å². The summed E-state index contributed by atoms with van der Waals surface area (Å²) < 4.78 is 5.54. The van der Waals surface area contributed by atoms with Crippen molar-refractivity contribution < 1.29 is 24.1 Å². The molecule has 1 aromatic heterocycles. The molecule has 27 heavy (non-hydrogen) atoms. The van der Waals surface area contributed by atoms with Crippen molar-refractivity contribution >= 4 is 24.5 Å². The molecule has 0 amide bonds. The Hall–Kier alpha value is -2.80. The minimum Gasteiger partial charge on any atom is -0.535 e. The van der Waals surface area contributed by atoms with Crippen molar-refractivity contribution in [3.05, 3.63) is 59.4 Å². The number of hydrogen-bond acceptors (Lipinski definition) is 6. The molecular formula is C20H20BNO5. The Labute approximate surface area is 157 Å². The first kappa shape index (κ1) is 19.0. The Morgan fingerprint density at radius 2 is 2.04 bits per heavy atom. The fraction of sp³-hybridized carbons (Fsp3) is 0.300. The number of benzene rings is 1. The van der Waals surface area contributed by atoms with Crippen molar-refractivity contribution in [3.63, 3.8) is 0 Å². The largest absolute Gasteiger partial charge is 0.535 e. The maximum Gasteiger partial charge on any atom is 0.526 e. The summed E-state index contributed by atoms with van der Waals surface area (Å²) in [6.45, 7) is 1.44. The second-order valence-electron chi connectivity index (χ2n) is 6.73. The predicted octanol–water partition coefficient (Wildman–Crippen LogP) is 2.69.